The van der Waals surface area contributed by atoms with E-state index in [9.17, 15) is 0 Å². The van der Waals surface area contributed by atoms with Gasteiger partial charge in [0.1, 0.15) is 5.03 Å². The van der Waals surface area contributed by atoms with E-state index in [1.54, 1.807) is 23.5 Å². The SMILES string of the molecule is C=C(C)n1nc(SC)nc(SC)c1=NC. The lowest BCUT2D eigenvalue weighted by molar-refractivity contribution is 0.656. The van der Waals surface area contributed by atoms with Crippen LogP contribution in [-0.4, -0.2) is 34.3 Å². The van der Waals surface area contributed by atoms with Gasteiger partial charge in [-0.1, -0.05) is 18.3 Å². The molecule has 6 heteroatoms. The minimum atomic E-state index is 0.731. The van der Waals surface area contributed by atoms with Gasteiger partial charge in [-0.3, -0.25) is 4.99 Å². The number of hydrogen-bond acceptors (Lipinski definition) is 5. The lowest BCUT2D eigenvalue weighted by Gasteiger charge is -2.08. The monoisotopic (exact) mass is 242 g/mol. The van der Waals surface area contributed by atoms with Crippen LogP contribution in [0.25, 0.3) is 5.70 Å². The molecule has 1 aromatic heterocycles. The molecule has 0 aliphatic rings. The van der Waals surface area contributed by atoms with Crippen LogP contribution in [0.5, 0.6) is 0 Å². The van der Waals surface area contributed by atoms with Gasteiger partial charge in [-0.15, -0.1) is 16.9 Å². The summed E-state index contributed by atoms with van der Waals surface area (Å²) in [4.78, 5) is 8.57. The summed E-state index contributed by atoms with van der Waals surface area (Å²) in [5.74, 6) is 0. The largest absolute Gasteiger partial charge is 0.268 e. The van der Waals surface area contributed by atoms with E-state index >= 15 is 0 Å². The van der Waals surface area contributed by atoms with Gasteiger partial charge >= 0.3 is 0 Å². The molecule has 0 aromatic carbocycles. The first-order valence-corrected chi connectivity index (χ1v) is 6.77. The lowest BCUT2D eigenvalue weighted by atomic mass is 10.5. The van der Waals surface area contributed by atoms with Crippen molar-refractivity contribution in [2.75, 3.05) is 19.6 Å². The van der Waals surface area contributed by atoms with Crippen LogP contribution < -0.4 is 5.49 Å². The molecule has 0 fully saturated rings. The zero-order chi connectivity index (χ0) is 11.4. The second kappa shape index (κ2) is 5.37. The van der Waals surface area contributed by atoms with Gasteiger partial charge in [0.15, 0.2) is 5.49 Å². The van der Waals surface area contributed by atoms with Gasteiger partial charge in [0.2, 0.25) is 5.16 Å². The highest BCUT2D eigenvalue weighted by atomic mass is 32.2. The van der Waals surface area contributed by atoms with E-state index in [1.165, 1.54) is 11.8 Å². The van der Waals surface area contributed by atoms with Gasteiger partial charge in [0, 0.05) is 12.7 Å². The molecular weight excluding hydrogens is 228 g/mol. The molecule has 1 rings (SSSR count). The summed E-state index contributed by atoms with van der Waals surface area (Å²) in [6.07, 6.45) is 3.93. The van der Waals surface area contributed by atoms with Crippen molar-refractivity contribution in [2.24, 2.45) is 4.99 Å². The van der Waals surface area contributed by atoms with Gasteiger partial charge in [0.25, 0.3) is 0 Å². The van der Waals surface area contributed by atoms with Gasteiger partial charge in [0.05, 0.1) is 0 Å². The number of allylic oxidation sites excluding steroid dienone is 1. The van der Waals surface area contributed by atoms with Crippen LogP contribution in [0, 0.1) is 0 Å². The third kappa shape index (κ3) is 2.63. The lowest BCUT2D eigenvalue weighted by Crippen LogP contribution is -2.26. The number of hydrogen-bond donors (Lipinski definition) is 0. The Hall–Kier alpha value is -0.750. The van der Waals surface area contributed by atoms with Crippen molar-refractivity contribution in [3.8, 4) is 0 Å². The average Bonchev–Trinajstić information content (AvgIpc) is 2.26. The Labute approximate surface area is 97.9 Å². The van der Waals surface area contributed by atoms with Crippen LogP contribution in [0.1, 0.15) is 6.92 Å². The Morgan fingerprint density at radius 1 is 1.40 bits per heavy atom. The third-order valence-electron chi connectivity index (χ3n) is 1.72. The summed E-state index contributed by atoms with van der Waals surface area (Å²) < 4.78 is 1.73. The molecule has 0 aliphatic heterocycles. The van der Waals surface area contributed by atoms with E-state index < -0.39 is 0 Å². The summed E-state index contributed by atoms with van der Waals surface area (Å²) in [5.41, 5.74) is 1.59. The molecule has 4 nitrogen and oxygen atoms in total. The Kier molecular flexibility index (Phi) is 4.41. The van der Waals surface area contributed by atoms with Crippen molar-refractivity contribution in [1.29, 1.82) is 0 Å². The van der Waals surface area contributed by atoms with Crippen molar-refractivity contribution in [2.45, 2.75) is 17.1 Å². The first kappa shape index (κ1) is 12.3. The fraction of sp³-hybridized carbons (Fsp3) is 0.444. The van der Waals surface area contributed by atoms with Crippen molar-refractivity contribution in [3.05, 3.63) is 12.1 Å². The maximum atomic E-state index is 4.38. The second-order valence-corrected chi connectivity index (χ2v) is 4.37. The van der Waals surface area contributed by atoms with Crippen LogP contribution in [0.15, 0.2) is 21.8 Å². The number of nitrogens with zero attached hydrogens (tertiary/aromatic N) is 4. The summed E-state index contributed by atoms with van der Waals surface area (Å²) in [7, 11) is 1.73. The molecule has 1 heterocycles. The molecule has 15 heavy (non-hydrogen) atoms. The molecule has 0 N–H and O–H groups in total. The second-order valence-electron chi connectivity index (χ2n) is 2.80. The van der Waals surface area contributed by atoms with Crippen molar-refractivity contribution in [1.82, 2.24) is 14.8 Å². The van der Waals surface area contributed by atoms with E-state index in [0.29, 0.717) is 0 Å². The highest BCUT2D eigenvalue weighted by molar-refractivity contribution is 7.99. The zero-order valence-corrected chi connectivity index (χ0v) is 10.9. The maximum absolute atomic E-state index is 4.38. The zero-order valence-electron chi connectivity index (χ0n) is 9.31. The van der Waals surface area contributed by atoms with Crippen LogP contribution in [0.2, 0.25) is 0 Å². The summed E-state index contributed by atoms with van der Waals surface area (Å²) in [5, 5.41) is 5.94. The van der Waals surface area contributed by atoms with Crippen LogP contribution in [0.4, 0.5) is 0 Å². The van der Waals surface area contributed by atoms with Crippen molar-refractivity contribution in [3.63, 3.8) is 0 Å². The Morgan fingerprint density at radius 3 is 2.47 bits per heavy atom. The molecular formula is C9H14N4S2. The molecule has 0 saturated heterocycles. The summed E-state index contributed by atoms with van der Waals surface area (Å²) in [6, 6.07) is 0. The fourth-order valence-electron chi connectivity index (χ4n) is 1.06. The van der Waals surface area contributed by atoms with E-state index in [2.05, 4.69) is 21.7 Å². The first-order chi connectivity index (χ1) is 7.13. The Balaban J connectivity index is 3.54. The minimum Gasteiger partial charge on any atom is -0.268 e. The predicted octanol–water partition coefficient (Wildman–Crippen LogP) is 1.74. The smallest absolute Gasteiger partial charge is 0.208 e. The first-order valence-electron chi connectivity index (χ1n) is 4.32. The topological polar surface area (TPSA) is 43.1 Å². The molecule has 0 atom stereocenters. The van der Waals surface area contributed by atoms with E-state index in [1.807, 2.05) is 19.4 Å². The van der Waals surface area contributed by atoms with Gasteiger partial charge in [-0.25, -0.2) is 9.67 Å². The van der Waals surface area contributed by atoms with E-state index in [4.69, 9.17) is 0 Å². The quantitative estimate of drug-likeness (QED) is 0.757. The van der Waals surface area contributed by atoms with E-state index in [-0.39, 0.29) is 0 Å². The third-order valence-corrected chi connectivity index (χ3v) is 2.92. The standard InChI is InChI=1S/C9H14N4S2/c1-6(2)13-7(10-3)8(14-4)11-9(12-13)15-5/h1H2,2-5H3. The minimum absolute atomic E-state index is 0.731. The molecule has 0 amide bonds. The number of aromatic nitrogens is 3. The highest BCUT2D eigenvalue weighted by Gasteiger charge is 2.07. The van der Waals surface area contributed by atoms with Crippen LogP contribution in [-0.2, 0) is 0 Å². The van der Waals surface area contributed by atoms with Crippen LogP contribution >= 0.6 is 23.5 Å². The van der Waals surface area contributed by atoms with Crippen molar-refractivity contribution < 1.29 is 0 Å². The predicted molar refractivity (Wildman–Crippen MR) is 66.1 cm³/mol. The summed E-state index contributed by atoms with van der Waals surface area (Å²) in [6.45, 7) is 5.78. The molecule has 82 valence electrons. The Morgan fingerprint density at radius 2 is 2.07 bits per heavy atom. The Bertz CT molecular complexity index is 436. The highest BCUT2D eigenvalue weighted by Crippen LogP contribution is 2.12. The molecule has 0 saturated carbocycles. The van der Waals surface area contributed by atoms with Gasteiger partial charge in [-0.05, 0) is 19.4 Å². The molecule has 0 unspecified atom stereocenters. The van der Waals surface area contributed by atoms with E-state index in [0.717, 1.165) is 21.4 Å². The summed E-state index contributed by atoms with van der Waals surface area (Å²) >= 11 is 3.07. The molecule has 0 aliphatic carbocycles. The maximum Gasteiger partial charge on any atom is 0.208 e. The van der Waals surface area contributed by atoms with Crippen LogP contribution in [0.3, 0.4) is 0 Å². The number of rotatable bonds is 3. The molecule has 0 radical (unpaired) electrons. The fourth-order valence-corrected chi connectivity index (χ4v) is 2.00. The average molecular weight is 242 g/mol. The normalized spacial score (nSPS) is 11.9. The molecule has 0 bridgehead atoms. The molecule has 1 aromatic rings. The van der Waals surface area contributed by atoms with Gasteiger partial charge < -0.3 is 0 Å². The van der Waals surface area contributed by atoms with Gasteiger partial charge in [-0.2, -0.15) is 0 Å². The number of thioether (sulfide) groups is 2. The molecule has 0 spiro atoms. The van der Waals surface area contributed by atoms with Crippen molar-refractivity contribution >= 4 is 29.2 Å².